The summed E-state index contributed by atoms with van der Waals surface area (Å²) in [6, 6.07) is 22.4. The third-order valence-corrected chi connectivity index (χ3v) is 6.88. The third-order valence-electron chi connectivity index (χ3n) is 6.88. The Balaban J connectivity index is 1.43. The molecule has 0 fully saturated rings. The van der Waals surface area contributed by atoms with Crippen molar-refractivity contribution >= 4 is 23.3 Å². The highest BCUT2D eigenvalue weighted by atomic mass is 19.1. The van der Waals surface area contributed by atoms with E-state index in [1.54, 1.807) is 17.0 Å². The van der Waals surface area contributed by atoms with E-state index in [1.807, 2.05) is 77.3 Å². The zero-order chi connectivity index (χ0) is 27.1. The summed E-state index contributed by atoms with van der Waals surface area (Å²) in [6.07, 6.45) is 1.72. The van der Waals surface area contributed by atoms with E-state index in [-0.39, 0.29) is 0 Å². The maximum absolute atomic E-state index is 13.6. The van der Waals surface area contributed by atoms with E-state index in [9.17, 15) is 9.50 Å². The van der Waals surface area contributed by atoms with E-state index in [0.29, 0.717) is 41.1 Å². The molecule has 0 spiro atoms. The van der Waals surface area contributed by atoms with Crippen molar-refractivity contribution in [2.45, 2.75) is 26.1 Å². The predicted molar refractivity (Wildman–Crippen MR) is 151 cm³/mol. The Bertz CT molecular complexity index is 1610. The normalized spacial score (nSPS) is 16.4. The van der Waals surface area contributed by atoms with Crippen LogP contribution in [0.2, 0.25) is 0 Å². The van der Waals surface area contributed by atoms with Crippen molar-refractivity contribution in [1.82, 2.24) is 19.7 Å². The Kier molecular flexibility index (Phi) is 6.20. The maximum atomic E-state index is 13.6. The zero-order valence-electron chi connectivity index (χ0n) is 21.7. The second-order valence-corrected chi connectivity index (χ2v) is 9.49. The molecule has 2 aliphatic heterocycles. The number of nitrogens with one attached hydrogen (secondary N) is 1. The number of allylic oxidation sites excluding steroid dienone is 2. The van der Waals surface area contributed by atoms with Crippen LogP contribution in [-0.2, 0) is 6.54 Å². The predicted octanol–water partition coefficient (Wildman–Crippen LogP) is 5.80. The minimum absolute atomic E-state index is 0.438. The molecule has 196 valence electrons. The number of anilines is 3. The first-order valence-electron chi connectivity index (χ1n) is 12.8. The number of aromatic nitrogens is 3. The number of guanidine groups is 1. The van der Waals surface area contributed by atoms with Gasteiger partial charge in [0, 0.05) is 24.0 Å². The second-order valence-electron chi connectivity index (χ2n) is 9.49. The molecule has 6 rings (SSSR count). The highest BCUT2D eigenvalue weighted by molar-refractivity contribution is 6.03. The Morgan fingerprint density at radius 1 is 1.03 bits per heavy atom. The lowest BCUT2D eigenvalue weighted by Crippen LogP contribution is -2.49. The number of rotatable bonds is 6. The first-order chi connectivity index (χ1) is 18.9. The van der Waals surface area contributed by atoms with Crippen LogP contribution in [0.4, 0.5) is 21.7 Å². The highest BCUT2D eigenvalue weighted by Gasteiger charge is 2.41. The molecule has 39 heavy (non-hydrogen) atoms. The number of pyridine rings is 1. The molecular weight excluding hydrogens is 493 g/mol. The number of hydrogen-bond donors (Lipinski definition) is 2. The average molecular weight is 522 g/mol. The molecule has 0 bridgehead atoms. The topological polar surface area (TPSA) is 81.8 Å². The van der Waals surface area contributed by atoms with Crippen LogP contribution in [-0.4, -0.2) is 37.8 Å². The van der Waals surface area contributed by atoms with Gasteiger partial charge in [0.15, 0.2) is 12.0 Å². The van der Waals surface area contributed by atoms with Gasteiger partial charge in [0.25, 0.3) is 0 Å². The van der Waals surface area contributed by atoms with Crippen molar-refractivity contribution in [3.63, 3.8) is 0 Å². The van der Waals surface area contributed by atoms with Crippen LogP contribution in [0.15, 0.2) is 102 Å². The Hall–Kier alpha value is -4.76. The molecule has 0 amide bonds. The van der Waals surface area contributed by atoms with Crippen molar-refractivity contribution in [3.05, 3.63) is 114 Å². The number of fused-ring (bicyclic) bond motifs is 3. The minimum atomic E-state index is -0.972. The minimum Gasteiger partial charge on any atom is -0.369 e. The fraction of sp³-hybridized carbons (Fsp3) is 0.167. The third kappa shape index (κ3) is 4.46. The van der Waals surface area contributed by atoms with Gasteiger partial charge in [-0.2, -0.15) is 9.49 Å². The number of para-hydroxylation sites is 1. The number of nitrogens with zero attached hydrogens (tertiary/aromatic N) is 6. The van der Waals surface area contributed by atoms with Gasteiger partial charge in [-0.3, -0.25) is 4.90 Å². The summed E-state index contributed by atoms with van der Waals surface area (Å²) in [4.78, 5) is 12.3. The molecular formula is C30H28FN7O. The van der Waals surface area contributed by atoms with Gasteiger partial charge in [0.1, 0.15) is 5.82 Å². The van der Waals surface area contributed by atoms with Crippen LogP contribution in [0, 0.1) is 5.95 Å². The first-order valence-corrected chi connectivity index (χ1v) is 12.8. The summed E-state index contributed by atoms with van der Waals surface area (Å²) in [5.74, 6) is 1.38. The van der Waals surface area contributed by atoms with Gasteiger partial charge in [-0.15, -0.1) is 0 Å². The molecule has 2 aliphatic rings. The maximum Gasteiger partial charge on any atom is 0.214 e. The van der Waals surface area contributed by atoms with Gasteiger partial charge in [0.2, 0.25) is 11.9 Å². The van der Waals surface area contributed by atoms with E-state index in [2.05, 4.69) is 28.8 Å². The number of halogens is 1. The number of hydrogen-bond acceptors (Lipinski definition) is 7. The van der Waals surface area contributed by atoms with Crippen molar-refractivity contribution in [2.75, 3.05) is 17.3 Å². The fourth-order valence-electron chi connectivity index (χ4n) is 4.92. The Labute approximate surface area is 226 Å². The molecule has 2 N–H and O–H groups in total. The Morgan fingerprint density at radius 2 is 1.79 bits per heavy atom. The summed E-state index contributed by atoms with van der Waals surface area (Å²) in [5, 5.41) is 20.0. The molecule has 8 nitrogen and oxygen atoms in total. The molecule has 0 saturated carbocycles. The van der Waals surface area contributed by atoms with Gasteiger partial charge in [-0.25, -0.2) is 14.7 Å². The van der Waals surface area contributed by atoms with Crippen molar-refractivity contribution < 1.29 is 9.50 Å². The number of benzene rings is 2. The largest absolute Gasteiger partial charge is 0.369 e. The van der Waals surface area contributed by atoms with Crippen LogP contribution in [0.5, 0.6) is 0 Å². The molecule has 4 aromatic rings. The molecule has 4 heterocycles. The van der Waals surface area contributed by atoms with Crippen LogP contribution < -0.4 is 10.2 Å². The zero-order valence-corrected chi connectivity index (χ0v) is 21.7. The van der Waals surface area contributed by atoms with E-state index in [0.717, 1.165) is 28.9 Å². The summed E-state index contributed by atoms with van der Waals surface area (Å²) in [7, 11) is 1.81. The lowest BCUT2D eigenvalue weighted by atomic mass is 10.1. The second kappa shape index (κ2) is 9.85. The molecule has 9 heteroatoms. The molecule has 0 aliphatic carbocycles. The first kappa shape index (κ1) is 24.6. The van der Waals surface area contributed by atoms with Gasteiger partial charge in [0.05, 0.1) is 23.5 Å². The molecule has 2 aromatic heterocycles. The number of aliphatic hydroxyl groups excluding tert-OH is 1. The smallest absolute Gasteiger partial charge is 0.214 e. The summed E-state index contributed by atoms with van der Waals surface area (Å²) in [5.41, 5.74) is 5.55. The summed E-state index contributed by atoms with van der Waals surface area (Å²) >= 11 is 0. The summed E-state index contributed by atoms with van der Waals surface area (Å²) < 4.78 is 15.5. The SMILES string of the molecule is C=C1C=C(CC)N2C(=N1)N(C)C(O)c1c2nn(Cc2ccc(-c3cccc(F)n3)cc2)c1Nc1ccccc1. The summed E-state index contributed by atoms with van der Waals surface area (Å²) in [6.45, 7) is 6.53. The molecule has 0 saturated heterocycles. The van der Waals surface area contributed by atoms with E-state index < -0.39 is 12.2 Å². The van der Waals surface area contributed by atoms with Crippen LogP contribution in [0.1, 0.15) is 30.7 Å². The van der Waals surface area contributed by atoms with E-state index in [1.165, 1.54) is 6.07 Å². The van der Waals surface area contributed by atoms with Crippen LogP contribution >= 0.6 is 0 Å². The van der Waals surface area contributed by atoms with Crippen molar-refractivity contribution in [2.24, 2.45) is 4.99 Å². The van der Waals surface area contributed by atoms with E-state index >= 15 is 0 Å². The lowest BCUT2D eigenvalue weighted by molar-refractivity contribution is 0.0655. The average Bonchev–Trinajstić information content (AvgIpc) is 3.29. The molecule has 2 aromatic carbocycles. The monoisotopic (exact) mass is 521 g/mol. The van der Waals surface area contributed by atoms with Gasteiger partial charge in [-0.1, -0.05) is 62.0 Å². The van der Waals surface area contributed by atoms with E-state index in [4.69, 9.17) is 5.10 Å². The Morgan fingerprint density at radius 3 is 2.51 bits per heavy atom. The standard InChI is InChI=1S/C30H28FN7O/c1-4-23-17-19(2)32-30-36(3)29(39)26-27(33-22-9-6-5-7-10-22)37(35-28(26)38(23)30)18-20-13-15-21(16-14-20)24-11-8-12-25(31)34-24/h5-17,29,33,39H,2,4,18H2,1,3H3. The highest BCUT2D eigenvalue weighted by Crippen LogP contribution is 2.43. The van der Waals surface area contributed by atoms with Crippen molar-refractivity contribution in [3.8, 4) is 11.3 Å². The number of aliphatic hydroxyl groups is 1. The lowest BCUT2D eigenvalue weighted by Gasteiger charge is -2.41. The van der Waals surface area contributed by atoms with Gasteiger partial charge in [-0.05, 0) is 42.3 Å². The molecule has 1 atom stereocenters. The quantitative estimate of drug-likeness (QED) is 0.312. The van der Waals surface area contributed by atoms with Crippen LogP contribution in [0.3, 0.4) is 0 Å². The molecule has 0 radical (unpaired) electrons. The van der Waals surface area contributed by atoms with Gasteiger partial charge < -0.3 is 15.3 Å². The molecule has 1 unspecified atom stereocenters. The van der Waals surface area contributed by atoms with Gasteiger partial charge >= 0.3 is 0 Å². The van der Waals surface area contributed by atoms with Crippen molar-refractivity contribution in [1.29, 1.82) is 0 Å². The fourth-order valence-corrected chi connectivity index (χ4v) is 4.92. The van der Waals surface area contributed by atoms with Crippen LogP contribution in [0.25, 0.3) is 11.3 Å². The number of aliphatic imine (C=N–C) groups is 1.